The molecule has 5 nitrogen and oxygen atoms in total. The van der Waals surface area contributed by atoms with Crippen LogP contribution in [0.15, 0.2) is 0 Å². The molecule has 0 atom stereocenters. The Balaban J connectivity index is 2.88. The Morgan fingerprint density at radius 2 is 1.05 bits per heavy atom. The van der Waals surface area contributed by atoms with Gasteiger partial charge in [-0.25, -0.2) is 0 Å². The molecule has 0 unspecified atom stereocenters. The highest BCUT2D eigenvalue weighted by molar-refractivity contribution is 4.49. The van der Waals surface area contributed by atoms with Crippen molar-refractivity contribution < 1.29 is 9.47 Å². The van der Waals surface area contributed by atoms with E-state index in [0.717, 1.165) is 78.5 Å². The Kier molecular flexibility index (Phi) is 17.6. The molecule has 0 aliphatic carbocycles. The lowest BCUT2D eigenvalue weighted by Crippen LogP contribution is -2.22. The molecule has 0 heterocycles. The molecular weight excluding hydrogens is 242 g/mol. The Labute approximate surface area is 118 Å². The minimum Gasteiger partial charge on any atom is -0.380 e. The van der Waals surface area contributed by atoms with Crippen molar-refractivity contribution in [1.82, 2.24) is 16.0 Å². The van der Waals surface area contributed by atoms with Gasteiger partial charge >= 0.3 is 0 Å². The molecule has 0 amide bonds. The van der Waals surface area contributed by atoms with Gasteiger partial charge in [-0.3, -0.25) is 0 Å². The fraction of sp³-hybridized carbons (Fsp3) is 1.00. The van der Waals surface area contributed by atoms with E-state index in [9.17, 15) is 0 Å². The largest absolute Gasteiger partial charge is 0.380 e. The second-order valence-electron chi connectivity index (χ2n) is 4.39. The van der Waals surface area contributed by atoms with Gasteiger partial charge in [0.1, 0.15) is 0 Å². The van der Waals surface area contributed by atoms with Gasteiger partial charge in [0.25, 0.3) is 0 Å². The van der Waals surface area contributed by atoms with E-state index in [0.29, 0.717) is 0 Å². The summed E-state index contributed by atoms with van der Waals surface area (Å²) in [6, 6.07) is 0. The van der Waals surface area contributed by atoms with Crippen molar-refractivity contribution in [2.75, 3.05) is 65.7 Å². The highest BCUT2D eigenvalue weighted by Gasteiger charge is 1.91. The van der Waals surface area contributed by atoms with Crippen LogP contribution in [-0.2, 0) is 9.47 Å². The molecule has 0 aromatic rings. The van der Waals surface area contributed by atoms with E-state index in [1.54, 1.807) is 0 Å². The number of hydrogen-bond donors (Lipinski definition) is 3. The molecule has 0 fully saturated rings. The van der Waals surface area contributed by atoms with E-state index < -0.39 is 0 Å². The van der Waals surface area contributed by atoms with Crippen molar-refractivity contribution in [2.45, 2.75) is 26.7 Å². The standard InChI is InChI=1S/C14H33N3O2/c1-3-15-9-13-18-11-5-7-17-8-6-12-19-14-10-16-4-2/h15-17H,3-14H2,1-2H3. The zero-order valence-corrected chi connectivity index (χ0v) is 12.8. The monoisotopic (exact) mass is 275 g/mol. The highest BCUT2D eigenvalue weighted by atomic mass is 16.5. The van der Waals surface area contributed by atoms with Crippen LogP contribution in [0.4, 0.5) is 0 Å². The third-order valence-corrected chi connectivity index (χ3v) is 2.63. The molecule has 0 rings (SSSR count). The van der Waals surface area contributed by atoms with Crippen molar-refractivity contribution in [2.24, 2.45) is 0 Å². The fourth-order valence-electron chi connectivity index (χ4n) is 1.57. The van der Waals surface area contributed by atoms with Crippen molar-refractivity contribution in [3.63, 3.8) is 0 Å². The molecule has 19 heavy (non-hydrogen) atoms. The Morgan fingerprint density at radius 1 is 0.579 bits per heavy atom. The van der Waals surface area contributed by atoms with Gasteiger partial charge in [-0.2, -0.15) is 0 Å². The third kappa shape index (κ3) is 17.8. The highest BCUT2D eigenvalue weighted by Crippen LogP contribution is 1.83. The van der Waals surface area contributed by atoms with Crippen LogP contribution in [0.2, 0.25) is 0 Å². The summed E-state index contributed by atoms with van der Waals surface area (Å²) in [7, 11) is 0. The number of nitrogens with one attached hydrogen (secondary N) is 3. The van der Waals surface area contributed by atoms with Crippen LogP contribution in [0.5, 0.6) is 0 Å². The Hall–Kier alpha value is -0.200. The molecule has 0 saturated carbocycles. The average Bonchev–Trinajstić information content (AvgIpc) is 2.43. The van der Waals surface area contributed by atoms with Crippen molar-refractivity contribution in [1.29, 1.82) is 0 Å². The van der Waals surface area contributed by atoms with E-state index in [1.807, 2.05) is 0 Å². The summed E-state index contributed by atoms with van der Waals surface area (Å²) in [4.78, 5) is 0. The molecule has 116 valence electrons. The van der Waals surface area contributed by atoms with Crippen LogP contribution in [-0.4, -0.2) is 65.7 Å². The van der Waals surface area contributed by atoms with Crippen molar-refractivity contribution in [3.05, 3.63) is 0 Å². The number of rotatable bonds is 16. The summed E-state index contributed by atoms with van der Waals surface area (Å²) in [6.07, 6.45) is 2.15. The van der Waals surface area contributed by atoms with Crippen LogP contribution in [0, 0.1) is 0 Å². The molecule has 0 aliphatic rings. The first kappa shape index (κ1) is 18.8. The van der Waals surface area contributed by atoms with Crippen LogP contribution in [0.1, 0.15) is 26.7 Å². The summed E-state index contributed by atoms with van der Waals surface area (Å²) in [5.41, 5.74) is 0. The van der Waals surface area contributed by atoms with Crippen LogP contribution >= 0.6 is 0 Å². The summed E-state index contributed by atoms with van der Waals surface area (Å²) in [5, 5.41) is 9.86. The minimum absolute atomic E-state index is 0.813. The molecule has 0 aliphatic heterocycles. The second kappa shape index (κ2) is 17.8. The first-order chi connectivity index (χ1) is 9.41. The maximum atomic E-state index is 5.48. The number of hydrogen-bond acceptors (Lipinski definition) is 5. The van der Waals surface area contributed by atoms with Gasteiger partial charge in [0.15, 0.2) is 0 Å². The number of likely N-dealkylation sites (N-methyl/N-ethyl adjacent to an activating group) is 2. The van der Waals surface area contributed by atoms with E-state index in [-0.39, 0.29) is 0 Å². The maximum absolute atomic E-state index is 5.48. The molecule has 0 bridgehead atoms. The Bertz CT molecular complexity index is 144. The lowest BCUT2D eigenvalue weighted by molar-refractivity contribution is 0.129. The molecule has 0 saturated heterocycles. The molecule has 0 aromatic heterocycles. The molecule has 5 heteroatoms. The molecule has 0 spiro atoms. The topological polar surface area (TPSA) is 54.5 Å². The molecule has 0 radical (unpaired) electrons. The van der Waals surface area contributed by atoms with Gasteiger partial charge in [-0.15, -0.1) is 0 Å². The second-order valence-corrected chi connectivity index (χ2v) is 4.39. The predicted octanol–water partition coefficient (Wildman–Crippen LogP) is 0.608. The van der Waals surface area contributed by atoms with E-state index >= 15 is 0 Å². The van der Waals surface area contributed by atoms with Crippen molar-refractivity contribution in [3.8, 4) is 0 Å². The van der Waals surface area contributed by atoms with Crippen LogP contribution in [0.25, 0.3) is 0 Å². The van der Waals surface area contributed by atoms with Gasteiger partial charge in [0, 0.05) is 26.3 Å². The summed E-state index contributed by atoms with van der Waals surface area (Å²) in [5.74, 6) is 0. The van der Waals surface area contributed by atoms with E-state index in [1.165, 1.54) is 0 Å². The lowest BCUT2D eigenvalue weighted by Gasteiger charge is -2.07. The van der Waals surface area contributed by atoms with Crippen LogP contribution in [0.3, 0.4) is 0 Å². The Morgan fingerprint density at radius 3 is 1.47 bits per heavy atom. The van der Waals surface area contributed by atoms with Gasteiger partial charge < -0.3 is 25.4 Å². The zero-order valence-electron chi connectivity index (χ0n) is 12.8. The summed E-state index contributed by atoms with van der Waals surface area (Å²) in [6.45, 7) is 13.5. The summed E-state index contributed by atoms with van der Waals surface area (Å²) < 4.78 is 11.0. The average molecular weight is 275 g/mol. The van der Waals surface area contributed by atoms with Gasteiger partial charge in [-0.05, 0) is 39.0 Å². The normalized spacial score (nSPS) is 11.1. The first-order valence-electron chi connectivity index (χ1n) is 7.69. The maximum Gasteiger partial charge on any atom is 0.0590 e. The molecular formula is C14H33N3O2. The molecule has 3 N–H and O–H groups in total. The zero-order chi connectivity index (χ0) is 14.0. The van der Waals surface area contributed by atoms with Gasteiger partial charge in [0.2, 0.25) is 0 Å². The first-order valence-corrected chi connectivity index (χ1v) is 7.69. The predicted molar refractivity (Wildman–Crippen MR) is 80.8 cm³/mol. The van der Waals surface area contributed by atoms with Crippen molar-refractivity contribution >= 4 is 0 Å². The summed E-state index contributed by atoms with van der Waals surface area (Å²) >= 11 is 0. The fourth-order valence-corrected chi connectivity index (χ4v) is 1.57. The third-order valence-electron chi connectivity index (χ3n) is 2.63. The van der Waals surface area contributed by atoms with Gasteiger partial charge in [-0.1, -0.05) is 13.8 Å². The minimum atomic E-state index is 0.813. The molecule has 0 aromatic carbocycles. The number of ether oxygens (including phenoxy) is 2. The SMILES string of the molecule is CCNCCOCCCNCCCOCCNCC. The quantitative estimate of drug-likeness (QED) is 0.360. The lowest BCUT2D eigenvalue weighted by atomic mass is 10.4. The van der Waals surface area contributed by atoms with E-state index in [4.69, 9.17) is 9.47 Å². The van der Waals surface area contributed by atoms with Gasteiger partial charge in [0.05, 0.1) is 13.2 Å². The van der Waals surface area contributed by atoms with Crippen LogP contribution < -0.4 is 16.0 Å². The van der Waals surface area contributed by atoms with E-state index in [2.05, 4.69) is 29.8 Å². The smallest absolute Gasteiger partial charge is 0.0590 e.